The Hall–Kier alpha value is -1.56. The highest BCUT2D eigenvalue weighted by Crippen LogP contribution is 2.38. The lowest BCUT2D eigenvalue weighted by Crippen LogP contribution is -2.23. The van der Waals surface area contributed by atoms with Crippen LogP contribution in [0, 0.1) is 0 Å². The second-order valence-corrected chi connectivity index (χ2v) is 6.32. The Morgan fingerprint density at radius 2 is 2.00 bits per heavy atom. The van der Waals surface area contributed by atoms with Crippen molar-refractivity contribution in [3.63, 3.8) is 0 Å². The molecule has 1 fully saturated rings. The third-order valence-corrected chi connectivity index (χ3v) is 5.03. The Kier molecular flexibility index (Phi) is 5.22. The van der Waals surface area contributed by atoms with E-state index in [1.807, 2.05) is 0 Å². The molecule has 21 heavy (non-hydrogen) atoms. The lowest BCUT2D eigenvalue weighted by atomic mass is 9.95. The molecule has 1 heterocycles. The maximum atomic E-state index is 12.0. The van der Waals surface area contributed by atoms with Gasteiger partial charge in [0.15, 0.2) is 5.78 Å². The molecule has 1 aromatic heterocycles. The molecule has 0 amide bonds. The molecular formula is C15H22N2O3S. The van der Waals surface area contributed by atoms with Crippen LogP contribution in [0.25, 0.3) is 0 Å². The Morgan fingerprint density at radius 3 is 2.57 bits per heavy atom. The molecule has 0 bridgehead atoms. The summed E-state index contributed by atoms with van der Waals surface area (Å²) >= 11 is 1.27. The smallest absolute Gasteiger partial charge is 0.343 e. The average molecular weight is 310 g/mol. The van der Waals surface area contributed by atoms with Crippen molar-refractivity contribution in [1.82, 2.24) is 0 Å². The number of rotatable bonds is 5. The van der Waals surface area contributed by atoms with E-state index < -0.39 is 5.97 Å². The summed E-state index contributed by atoms with van der Waals surface area (Å²) in [7, 11) is 1.32. The van der Waals surface area contributed by atoms with Crippen molar-refractivity contribution in [3.8, 4) is 0 Å². The highest BCUT2D eigenvalue weighted by molar-refractivity contribution is 7.19. The van der Waals surface area contributed by atoms with Crippen LogP contribution in [-0.2, 0) is 4.74 Å². The molecule has 0 spiro atoms. The largest absolute Gasteiger partial charge is 0.465 e. The molecule has 0 radical (unpaired) electrons. The first-order valence-electron chi connectivity index (χ1n) is 7.38. The van der Waals surface area contributed by atoms with Gasteiger partial charge in [0.2, 0.25) is 0 Å². The van der Waals surface area contributed by atoms with E-state index in [-0.39, 0.29) is 11.5 Å². The quantitative estimate of drug-likeness (QED) is 0.643. The van der Waals surface area contributed by atoms with Crippen LogP contribution in [0.4, 0.5) is 10.7 Å². The van der Waals surface area contributed by atoms with Crippen molar-refractivity contribution in [3.05, 3.63) is 10.4 Å². The zero-order chi connectivity index (χ0) is 15.4. The van der Waals surface area contributed by atoms with Gasteiger partial charge in [-0.15, -0.1) is 11.3 Å². The van der Waals surface area contributed by atoms with Crippen molar-refractivity contribution < 1.29 is 14.3 Å². The summed E-state index contributed by atoms with van der Waals surface area (Å²) in [5, 5.41) is 4.06. The van der Waals surface area contributed by atoms with Gasteiger partial charge in [0.05, 0.1) is 17.7 Å². The maximum Gasteiger partial charge on any atom is 0.343 e. The predicted molar refractivity (Wildman–Crippen MR) is 85.2 cm³/mol. The Morgan fingerprint density at radius 1 is 1.33 bits per heavy atom. The Bertz CT molecular complexity index is 533. The SMILES string of the molecule is CCC(=O)c1sc(NC2CCCCC2)c(C(=O)OC)c1N. The molecule has 1 aliphatic rings. The monoisotopic (exact) mass is 310 g/mol. The van der Waals surface area contributed by atoms with Crippen LogP contribution in [-0.4, -0.2) is 24.9 Å². The minimum atomic E-state index is -0.489. The minimum Gasteiger partial charge on any atom is -0.465 e. The number of hydrogen-bond acceptors (Lipinski definition) is 6. The van der Waals surface area contributed by atoms with Crippen LogP contribution in [0.5, 0.6) is 0 Å². The second-order valence-electron chi connectivity index (χ2n) is 5.30. The molecule has 1 aliphatic carbocycles. The van der Waals surface area contributed by atoms with Crippen LogP contribution in [0.3, 0.4) is 0 Å². The highest BCUT2D eigenvalue weighted by Gasteiger charge is 2.27. The first kappa shape index (κ1) is 15.8. The number of nitrogen functional groups attached to an aromatic ring is 1. The number of esters is 1. The molecular weight excluding hydrogens is 288 g/mol. The first-order chi connectivity index (χ1) is 10.1. The molecule has 0 saturated heterocycles. The molecule has 2 rings (SSSR count). The number of Topliss-reactive ketones (excluding diaryl/α,β-unsaturated/α-hetero) is 1. The fourth-order valence-corrected chi connectivity index (χ4v) is 3.85. The van der Waals surface area contributed by atoms with E-state index in [9.17, 15) is 9.59 Å². The summed E-state index contributed by atoms with van der Waals surface area (Å²) in [5.74, 6) is -0.531. The fraction of sp³-hybridized carbons (Fsp3) is 0.600. The molecule has 1 saturated carbocycles. The number of nitrogens with one attached hydrogen (secondary N) is 1. The fourth-order valence-electron chi connectivity index (χ4n) is 2.65. The van der Waals surface area contributed by atoms with Crippen LogP contribution in [0.15, 0.2) is 0 Å². The van der Waals surface area contributed by atoms with Gasteiger partial charge in [-0.1, -0.05) is 26.2 Å². The molecule has 0 atom stereocenters. The van der Waals surface area contributed by atoms with Gasteiger partial charge in [-0.05, 0) is 12.8 Å². The van der Waals surface area contributed by atoms with Gasteiger partial charge in [0, 0.05) is 12.5 Å². The maximum absolute atomic E-state index is 12.0. The summed E-state index contributed by atoms with van der Waals surface area (Å²) in [6, 6.07) is 0.338. The Balaban J connectivity index is 2.33. The number of methoxy groups -OCH3 is 1. The highest BCUT2D eigenvalue weighted by atomic mass is 32.1. The van der Waals surface area contributed by atoms with Crippen molar-refractivity contribution in [2.75, 3.05) is 18.2 Å². The van der Waals surface area contributed by atoms with E-state index in [4.69, 9.17) is 10.5 Å². The molecule has 116 valence electrons. The van der Waals surface area contributed by atoms with Crippen molar-refractivity contribution >= 4 is 33.8 Å². The van der Waals surface area contributed by atoms with Crippen LogP contribution in [0.1, 0.15) is 65.5 Å². The predicted octanol–water partition coefficient (Wildman–Crippen LogP) is 3.45. The van der Waals surface area contributed by atoms with Gasteiger partial charge in [-0.2, -0.15) is 0 Å². The topological polar surface area (TPSA) is 81.4 Å². The van der Waals surface area contributed by atoms with Crippen LogP contribution < -0.4 is 11.1 Å². The number of carbonyl (C=O) groups is 2. The zero-order valence-corrected chi connectivity index (χ0v) is 13.3. The van der Waals surface area contributed by atoms with E-state index in [2.05, 4.69) is 5.32 Å². The summed E-state index contributed by atoms with van der Waals surface area (Å²) in [5.41, 5.74) is 6.57. The van der Waals surface area contributed by atoms with Gasteiger partial charge in [-0.3, -0.25) is 4.79 Å². The van der Waals surface area contributed by atoms with E-state index in [1.165, 1.54) is 37.7 Å². The lowest BCUT2D eigenvalue weighted by molar-refractivity contribution is 0.0603. The molecule has 0 aliphatic heterocycles. The third-order valence-electron chi connectivity index (χ3n) is 3.85. The van der Waals surface area contributed by atoms with Crippen molar-refractivity contribution in [2.45, 2.75) is 51.5 Å². The van der Waals surface area contributed by atoms with Gasteiger partial charge >= 0.3 is 5.97 Å². The second kappa shape index (κ2) is 6.93. The van der Waals surface area contributed by atoms with E-state index >= 15 is 0 Å². The lowest BCUT2D eigenvalue weighted by Gasteiger charge is -2.23. The standard InChI is InChI=1S/C15H22N2O3S/c1-3-10(18)13-12(16)11(15(19)20-2)14(21-13)17-9-7-5-4-6-8-9/h9,17H,3-8,16H2,1-2H3. The molecule has 3 N–H and O–H groups in total. The number of anilines is 2. The van der Waals surface area contributed by atoms with Crippen molar-refractivity contribution in [2.24, 2.45) is 0 Å². The number of carbonyl (C=O) groups excluding carboxylic acids is 2. The summed E-state index contributed by atoms with van der Waals surface area (Å²) < 4.78 is 4.81. The number of hydrogen-bond donors (Lipinski definition) is 2. The number of nitrogens with two attached hydrogens (primary N) is 1. The number of ether oxygens (including phenoxy) is 1. The van der Waals surface area contributed by atoms with Gasteiger partial charge < -0.3 is 15.8 Å². The molecule has 0 aromatic carbocycles. The zero-order valence-electron chi connectivity index (χ0n) is 12.5. The number of ketones is 1. The average Bonchev–Trinajstić information content (AvgIpc) is 2.83. The van der Waals surface area contributed by atoms with E-state index in [0.29, 0.717) is 27.9 Å². The van der Waals surface area contributed by atoms with Crippen LogP contribution >= 0.6 is 11.3 Å². The first-order valence-corrected chi connectivity index (χ1v) is 8.20. The summed E-state index contributed by atoms with van der Waals surface area (Å²) in [4.78, 5) is 24.4. The Labute approximate surface area is 128 Å². The summed E-state index contributed by atoms with van der Waals surface area (Å²) in [6.45, 7) is 1.79. The molecule has 0 unspecified atom stereocenters. The molecule has 6 heteroatoms. The molecule has 5 nitrogen and oxygen atoms in total. The van der Waals surface area contributed by atoms with E-state index in [0.717, 1.165) is 12.8 Å². The normalized spacial score (nSPS) is 15.7. The van der Waals surface area contributed by atoms with E-state index in [1.54, 1.807) is 6.92 Å². The third kappa shape index (κ3) is 3.37. The van der Waals surface area contributed by atoms with Gasteiger partial charge in [-0.25, -0.2) is 4.79 Å². The van der Waals surface area contributed by atoms with Gasteiger partial charge in [0.1, 0.15) is 10.6 Å². The van der Waals surface area contributed by atoms with Crippen molar-refractivity contribution in [1.29, 1.82) is 0 Å². The minimum absolute atomic E-state index is 0.0423. The number of thiophene rings is 1. The summed E-state index contributed by atoms with van der Waals surface area (Å²) in [6.07, 6.45) is 6.16. The van der Waals surface area contributed by atoms with Crippen LogP contribution in [0.2, 0.25) is 0 Å². The molecule has 1 aromatic rings. The van der Waals surface area contributed by atoms with Gasteiger partial charge in [0.25, 0.3) is 0 Å².